The lowest BCUT2D eigenvalue weighted by atomic mass is 10.1. The number of aliphatic hydroxyl groups is 2. The molecule has 0 atom stereocenters. The lowest BCUT2D eigenvalue weighted by Gasteiger charge is -2.04. The molecule has 0 fully saturated rings. The molecule has 2 aromatic heterocycles. The van der Waals surface area contributed by atoms with Crippen LogP contribution < -0.4 is 0 Å². The average molecular weight is 421 g/mol. The van der Waals surface area contributed by atoms with Crippen LogP contribution >= 0.6 is 0 Å². The Labute approximate surface area is 187 Å². The van der Waals surface area contributed by atoms with E-state index in [0.717, 1.165) is 44.8 Å². The fourth-order valence-electron chi connectivity index (χ4n) is 3.43. The third kappa shape index (κ3) is 5.24. The molecule has 0 amide bonds. The van der Waals surface area contributed by atoms with Crippen LogP contribution in [0.3, 0.4) is 0 Å². The quantitative estimate of drug-likeness (QED) is 0.416. The average Bonchev–Trinajstić information content (AvgIpc) is 2.87. The minimum Gasteiger partial charge on any atom is -0.392 e. The molecule has 158 valence electrons. The van der Waals surface area contributed by atoms with E-state index in [9.17, 15) is 10.2 Å². The molecule has 0 unspecified atom stereocenters. The number of pyridine rings is 2. The summed E-state index contributed by atoms with van der Waals surface area (Å²) in [5.74, 6) is 0. The summed E-state index contributed by atoms with van der Waals surface area (Å²) >= 11 is 0. The Morgan fingerprint density at radius 3 is 1.44 bits per heavy atom. The van der Waals surface area contributed by atoms with Crippen molar-refractivity contribution in [3.05, 3.63) is 119 Å². The monoisotopic (exact) mass is 420 g/mol. The van der Waals surface area contributed by atoms with Gasteiger partial charge < -0.3 is 10.2 Å². The molecular weight excluding hydrogens is 396 g/mol. The van der Waals surface area contributed by atoms with Crippen molar-refractivity contribution in [3.8, 4) is 11.4 Å². The van der Waals surface area contributed by atoms with Crippen LogP contribution in [0.2, 0.25) is 0 Å². The third-order valence-electron chi connectivity index (χ3n) is 5.19. The highest BCUT2D eigenvalue weighted by Gasteiger charge is 2.03. The van der Waals surface area contributed by atoms with E-state index in [-0.39, 0.29) is 13.2 Å². The van der Waals surface area contributed by atoms with Crippen molar-refractivity contribution >= 4 is 24.3 Å². The van der Waals surface area contributed by atoms with E-state index in [0.29, 0.717) is 0 Å². The molecule has 2 N–H and O–H groups in total. The first-order valence-electron chi connectivity index (χ1n) is 10.4. The SMILES string of the molecule is OCc1ccccc1/C=C/c1ccnc(-c2cc(/C=C/c3ccccc3CO)ccn2)c1. The number of rotatable bonds is 7. The van der Waals surface area contributed by atoms with Gasteiger partial charge in [0.05, 0.1) is 24.6 Å². The molecule has 4 rings (SSSR count). The van der Waals surface area contributed by atoms with Crippen molar-refractivity contribution in [2.24, 2.45) is 0 Å². The van der Waals surface area contributed by atoms with Crippen molar-refractivity contribution in [1.82, 2.24) is 9.97 Å². The van der Waals surface area contributed by atoms with Gasteiger partial charge in [0.15, 0.2) is 0 Å². The number of aliphatic hydroxyl groups excluding tert-OH is 2. The number of nitrogens with zero attached hydrogens (tertiary/aromatic N) is 2. The van der Waals surface area contributed by atoms with E-state index in [4.69, 9.17) is 0 Å². The van der Waals surface area contributed by atoms with Gasteiger partial charge in [-0.2, -0.15) is 0 Å². The first-order valence-corrected chi connectivity index (χ1v) is 10.4. The van der Waals surface area contributed by atoms with Gasteiger partial charge in [-0.15, -0.1) is 0 Å². The Kier molecular flexibility index (Phi) is 6.98. The predicted molar refractivity (Wildman–Crippen MR) is 130 cm³/mol. The van der Waals surface area contributed by atoms with Crippen LogP contribution in [0, 0.1) is 0 Å². The molecule has 0 aliphatic heterocycles. The van der Waals surface area contributed by atoms with Gasteiger partial charge in [-0.3, -0.25) is 9.97 Å². The van der Waals surface area contributed by atoms with Crippen LogP contribution in [-0.4, -0.2) is 20.2 Å². The molecule has 0 saturated carbocycles. The summed E-state index contributed by atoms with van der Waals surface area (Å²) in [5, 5.41) is 19.0. The first kappa shape index (κ1) is 21.4. The van der Waals surface area contributed by atoms with Crippen molar-refractivity contribution in [2.45, 2.75) is 13.2 Å². The molecular formula is C28H24N2O2. The molecule has 4 heteroatoms. The maximum atomic E-state index is 9.51. The lowest BCUT2D eigenvalue weighted by molar-refractivity contribution is 0.281. The molecule has 4 nitrogen and oxygen atoms in total. The molecule has 0 spiro atoms. The van der Waals surface area contributed by atoms with E-state index in [1.807, 2.05) is 97.1 Å². The topological polar surface area (TPSA) is 66.2 Å². The van der Waals surface area contributed by atoms with Gasteiger partial charge in [0.25, 0.3) is 0 Å². The molecule has 0 aliphatic rings. The van der Waals surface area contributed by atoms with Gasteiger partial charge in [-0.05, 0) is 57.6 Å². The van der Waals surface area contributed by atoms with Gasteiger partial charge >= 0.3 is 0 Å². The highest BCUT2D eigenvalue weighted by Crippen LogP contribution is 2.20. The second kappa shape index (κ2) is 10.4. The zero-order chi connectivity index (χ0) is 22.2. The molecule has 0 bridgehead atoms. The zero-order valence-electron chi connectivity index (χ0n) is 17.6. The van der Waals surface area contributed by atoms with Gasteiger partial charge in [-0.25, -0.2) is 0 Å². The summed E-state index contributed by atoms with van der Waals surface area (Å²) in [6, 6.07) is 23.4. The Hall–Kier alpha value is -3.86. The molecule has 32 heavy (non-hydrogen) atoms. The van der Waals surface area contributed by atoms with Gasteiger partial charge in [0, 0.05) is 12.4 Å². The largest absolute Gasteiger partial charge is 0.392 e. The summed E-state index contributed by atoms with van der Waals surface area (Å²) < 4.78 is 0. The van der Waals surface area contributed by atoms with Gasteiger partial charge in [0.2, 0.25) is 0 Å². The van der Waals surface area contributed by atoms with Crippen LogP contribution in [0.1, 0.15) is 33.4 Å². The summed E-state index contributed by atoms with van der Waals surface area (Å²) in [6.45, 7) is 0.0181. The van der Waals surface area contributed by atoms with Crippen LogP contribution in [0.15, 0.2) is 85.2 Å². The lowest BCUT2D eigenvalue weighted by Crippen LogP contribution is -1.90. The summed E-state index contributed by atoms with van der Waals surface area (Å²) in [5.41, 5.74) is 7.33. The molecule has 2 heterocycles. The zero-order valence-corrected chi connectivity index (χ0v) is 17.6. The Morgan fingerprint density at radius 1 is 0.562 bits per heavy atom. The first-order chi connectivity index (χ1) is 15.8. The van der Waals surface area contributed by atoms with Gasteiger partial charge in [-0.1, -0.05) is 72.8 Å². The number of hydrogen-bond donors (Lipinski definition) is 2. The van der Waals surface area contributed by atoms with E-state index in [1.165, 1.54) is 0 Å². The van der Waals surface area contributed by atoms with Crippen molar-refractivity contribution in [2.75, 3.05) is 0 Å². The van der Waals surface area contributed by atoms with E-state index >= 15 is 0 Å². The highest BCUT2D eigenvalue weighted by molar-refractivity contribution is 5.75. The minimum absolute atomic E-state index is 0.00905. The number of aromatic nitrogens is 2. The number of benzene rings is 2. The van der Waals surface area contributed by atoms with Crippen LogP contribution in [0.4, 0.5) is 0 Å². The third-order valence-corrected chi connectivity index (χ3v) is 5.19. The second-order valence-corrected chi connectivity index (χ2v) is 7.33. The van der Waals surface area contributed by atoms with Crippen LogP contribution in [0.25, 0.3) is 35.7 Å². The van der Waals surface area contributed by atoms with E-state index in [1.54, 1.807) is 12.4 Å². The van der Waals surface area contributed by atoms with E-state index in [2.05, 4.69) is 9.97 Å². The molecule has 0 radical (unpaired) electrons. The van der Waals surface area contributed by atoms with Crippen LogP contribution in [0.5, 0.6) is 0 Å². The minimum atomic E-state index is 0.00905. The van der Waals surface area contributed by atoms with Crippen molar-refractivity contribution < 1.29 is 10.2 Å². The summed E-state index contributed by atoms with van der Waals surface area (Å²) in [6.07, 6.45) is 11.6. The Bertz CT molecular complexity index is 1160. The second-order valence-electron chi connectivity index (χ2n) is 7.33. The van der Waals surface area contributed by atoms with Crippen LogP contribution in [-0.2, 0) is 13.2 Å². The predicted octanol–water partition coefficient (Wildman–Crippen LogP) is 5.47. The maximum Gasteiger partial charge on any atom is 0.0892 e. The summed E-state index contributed by atoms with van der Waals surface area (Å²) in [4.78, 5) is 8.98. The molecule has 4 aromatic rings. The smallest absolute Gasteiger partial charge is 0.0892 e. The Morgan fingerprint density at radius 2 is 1.00 bits per heavy atom. The maximum absolute atomic E-state index is 9.51. The molecule has 0 saturated heterocycles. The van der Waals surface area contributed by atoms with Crippen molar-refractivity contribution in [3.63, 3.8) is 0 Å². The van der Waals surface area contributed by atoms with E-state index < -0.39 is 0 Å². The molecule has 2 aromatic carbocycles. The molecule has 0 aliphatic carbocycles. The Balaban J connectivity index is 1.57. The fraction of sp³-hybridized carbons (Fsp3) is 0.0714. The highest BCUT2D eigenvalue weighted by atomic mass is 16.3. The fourth-order valence-corrected chi connectivity index (χ4v) is 3.43. The normalized spacial score (nSPS) is 11.4. The summed E-state index contributed by atoms with van der Waals surface area (Å²) in [7, 11) is 0. The number of hydrogen-bond acceptors (Lipinski definition) is 4. The van der Waals surface area contributed by atoms with Crippen molar-refractivity contribution in [1.29, 1.82) is 0 Å². The standard InChI is InChI=1S/C28H24N2O2/c31-19-25-7-3-1-5-23(25)11-9-21-13-15-29-27(17-21)28-18-22(14-16-30-28)10-12-24-6-2-4-8-26(24)20-32/h1-18,31-32H,19-20H2/b11-9+,12-10+. The van der Waals surface area contributed by atoms with Gasteiger partial charge in [0.1, 0.15) is 0 Å².